The van der Waals surface area contributed by atoms with E-state index in [-0.39, 0.29) is 0 Å². The van der Waals surface area contributed by atoms with Crippen LogP contribution in [0.4, 0.5) is 0 Å². The van der Waals surface area contributed by atoms with Crippen LogP contribution in [0.1, 0.15) is 45.1 Å². The molecule has 1 heteroatoms. The highest BCUT2D eigenvalue weighted by atomic mass is 28.3. The molecular formula is C19H28Si. The maximum absolute atomic E-state index is 3.55. The van der Waals surface area contributed by atoms with Crippen LogP contribution in [-0.4, -0.2) is 8.07 Å². The second kappa shape index (κ2) is 8.12. The summed E-state index contributed by atoms with van der Waals surface area (Å²) in [6, 6.07) is 10.8. The summed E-state index contributed by atoms with van der Waals surface area (Å²) in [7, 11) is -1.31. The molecule has 0 spiro atoms. The van der Waals surface area contributed by atoms with Crippen molar-refractivity contribution in [3.63, 3.8) is 0 Å². The Morgan fingerprint density at radius 2 is 1.55 bits per heavy atom. The fourth-order valence-electron chi connectivity index (χ4n) is 2.16. The first-order valence-corrected chi connectivity index (χ1v) is 11.3. The van der Waals surface area contributed by atoms with E-state index in [9.17, 15) is 0 Å². The molecule has 20 heavy (non-hydrogen) atoms. The van der Waals surface area contributed by atoms with Gasteiger partial charge in [-0.1, -0.05) is 82.6 Å². The molecule has 0 heterocycles. The maximum atomic E-state index is 3.55. The van der Waals surface area contributed by atoms with Crippen molar-refractivity contribution in [3.8, 4) is 11.5 Å². The molecule has 0 amide bonds. The summed E-state index contributed by atoms with van der Waals surface area (Å²) in [5.74, 6) is 3.54. The van der Waals surface area contributed by atoms with Crippen molar-refractivity contribution in [1.82, 2.24) is 0 Å². The lowest BCUT2D eigenvalue weighted by Gasteiger charge is -2.12. The Kier molecular flexibility index (Phi) is 6.82. The van der Waals surface area contributed by atoms with Gasteiger partial charge >= 0.3 is 0 Å². The monoisotopic (exact) mass is 284 g/mol. The van der Waals surface area contributed by atoms with Crippen molar-refractivity contribution >= 4 is 13.6 Å². The van der Waals surface area contributed by atoms with Crippen molar-refractivity contribution in [2.45, 2.75) is 59.2 Å². The first-order valence-electron chi connectivity index (χ1n) is 7.78. The summed E-state index contributed by atoms with van der Waals surface area (Å²) in [6.45, 7) is 11.4. The van der Waals surface area contributed by atoms with E-state index in [0.717, 1.165) is 19.3 Å². The van der Waals surface area contributed by atoms with Crippen molar-refractivity contribution in [1.29, 1.82) is 0 Å². The molecule has 1 aromatic rings. The van der Waals surface area contributed by atoms with Gasteiger partial charge in [-0.25, -0.2) is 0 Å². The van der Waals surface area contributed by atoms with Crippen LogP contribution < -0.4 is 0 Å². The summed E-state index contributed by atoms with van der Waals surface area (Å²) >= 11 is 0. The molecule has 0 radical (unpaired) electrons. The van der Waals surface area contributed by atoms with Gasteiger partial charge in [0.25, 0.3) is 0 Å². The standard InChI is InChI=1S/C19H28Si/c1-6-11-17(15-16-20(3,4)5)19(12-7-2)18-13-9-8-10-14-18/h8-10,13-14H,6-7,11-12H2,1-5H3/b19-17-. The molecule has 0 fully saturated rings. The van der Waals surface area contributed by atoms with Gasteiger partial charge in [-0.15, -0.1) is 5.54 Å². The van der Waals surface area contributed by atoms with E-state index < -0.39 is 8.07 Å². The van der Waals surface area contributed by atoms with E-state index >= 15 is 0 Å². The number of hydrogen-bond donors (Lipinski definition) is 0. The van der Waals surface area contributed by atoms with E-state index in [2.05, 4.69) is 75.3 Å². The summed E-state index contributed by atoms with van der Waals surface area (Å²) in [6.07, 6.45) is 4.56. The largest absolute Gasteiger partial charge is 0.129 e. The molecule has 0 saturated carbocycles. The molecular weight excluding hydrogens is 256 g/mol. The molecule has 0 atom stereocenters. The van der Waals surface area contributed by atoms with Gasteiger partial charge in [-0.3, -0.25) is 0 Å². The highest BCUT2D eigenvalue weighted by molar-refractivity contribution is 6.83. The smallest absolute Gasteiger partial charge is 0.127 e. The van der Waals surface area contributed by atoms with Gasteiger partial charge in [0, 0.05) is 5.57 Å². The topological polar surface area (TPSA) is 0 Å². The molecule has 0 aliphatic heterocycles. The lowest BCUT2D eigenvalue weighted by molar-refractivity contribution is 0.911. The van der Waals surface area contributed by atoms with Crippen molar-refractivity contribution in [3.05, 3.63) is 41.5 Å². The van der Waals surface area contributed by atoms with Crippen LogP contribution in [0, 0.1) is 11.5 Å². The Balaban J connectivity index is 3.28. The average Bonchev–Trinajstić information content (AvgIpc) is 2.41. The van der Waals surface area contributed by atoms with Crippen LogP contribution in [0.5, 0.6) is 0 Å². The minimum Gasteiger partial charge on any atom is -0.127 e. The lowest BCUT2D eigenvalue weighted by Crippen LogP contribution is -2.16. The summed E-state index contributed by atoms with van der Waals surface area (Å²) in [4.78, 5) is 0. The van der Waals surface area contributed by atoms with Gasteiger partial charge in [-0.2, -0.15) is 0 Å². The van der Waals surface area contributed by atoms with E-state index in [1.54, 1.807) is 0 Å². The van der Waals surface area contributed by atoms with Crippen LogP contribution in [0.15, 0.2) is 35.9 Å². The molecule has 0 aliphatic carbocycles. The van der Waals surface area contributed by atoms with Crippen LogP contribution in [0.2, 0.25) is 19.6 Å². The minimum atomic E-state index is -1.31. The van der Waals surface area contributed by atoms with Gasteiger partial charge in [0.05, 0.1) is 0 Å². The quantitative estimate of drug-likeness (QED) is 0.465. The zero-order chi connectivity index (χ0) is 15.0. The number of hydrogen-bond acceptors (Lipinski definition) is 0. The minimum absolute atomic E-state index is 1.10. The zero-order valence-electron chi connectivity index (χ0n) is 13.7. The van der Waals surface area contributed by atoms with Gasteiger partial charge in [-0.05, 0) is 24.0 Å². The Labute approximate surface area is 126 Å². The van der Waals surface area contributed by atoms with Crippen molar-refractivity contribution in [2.24, 2.45) is 0 Å². The maximum Gasteiger partial charge on any atom is 0.129 e. The zero-order valence-corrected chi connectivity index (χ0v) is 14.7. The van der Waals surface area contributed by atoms with Gasteiger partial charge in [0.15, 0.2) is 0 Å². The average molecular weight is 285 g/mol. The Hall–Kier alpha value is -1.26. The normalized spacial score (nSPS) is 12.4. The SMILES string of the molecule is CCC/C(C#C[Si](C)(C)C)=C(\CCC)c1ccccc1. The molecule has 0 saturated heterocycles. The molecule has 0 nitrogen and oxygen atoms in total. The fourth-order valence-corrected chi connectivity index (χ4v) is 2.69. The van der Waals surface area contributed by atoms with Crippen LogP contribution in [-0.2, 0) is 0 Å². The summed E-state index contributed by atoms with van der Waals surface area (Å²) in [5, 5.41) is 0. The number of benzene rings is 1. The van der Waals surface area contributed by atoms with E-state index in [1.165, 1.54) is 23.1 Å². The molecule has 0 bridgehead atoms. The van der Waals surface area contributed by atoms with Crippen LogP contribution in [0.25, 0.3) is 5.57 Å². The predicted octanol–water partition coefficient (Wildman–Crippen LogP) is 5.92. The molecule has 0 N–H and O–H groups in total. The van der Waals surface area contributed by atoms with E-state index in [4.69, 9.17) is 0 Å². The van der Waals surface area contributed by atoms with Crippen LogP contribution in [0.3, 0.4) is 0 Å². The van der Waals surface area contributed by atoms with Crippen molar-refractivity contribution in [2.75, 3.05) is 0 Å². The predicted molar refractivity (Wildman–Crippen MR) is 94.3 cm³/mol. The third kappa shape index (κ3) is 5.80. The Morgan fingerprint density at radius 3 is 2.05 bits per heavy atom. The number of allylic oxidation sites excluding steroid dienone is 2. The molecule has 1 aromatic carbocycles. The molecule has 0 unspecified atom stereocenters. The third-order valence-electron chi connectivity index (χ3n) is 3.07. The van der Waals surface area contributed by atoms with Crippen molar-refractivity contribution < 1.29 is 0 Å². The third-order valence-corrected chi connectivity index (χ3v) is 3.95. The Morgan fingerprint density at radius 1 is 0.950 bits per heavy atom. The number of rotatable bonds is 5. The first-order chi connectivity index (χ1) is 9.48. The summed E-state index contributed by atoms with van der Waals surface area (Å²) in [5.41, 5.74) is 7.72. The molecule has 108 valence electrons. The highest BCUT2D eigenvalue weighted by Gasteiger charge is 2.10. The van der Waals surface area contributed by atoms with Gasteiger partial charge < -0.3 is 0 Å². The second-order valence-corrected chi connectivity index (χ2v) is 11.1. The van der Waals surface area contributed by atoms with Crippen LogP contribution >= 0.6 is 0 Å². The summed E-state index contributed by atoms with van der Waals surface area (Å²) < 4.78 is 0. The molecule has 0 aromatic heterocycles. The van der Waals surface area contributed by atoms with Gasteiger partial charge in [0.2, 0.25) is 0 Å². The molecule has 1 rings (SSSR count). The Bertz CT molecular complexity index is 492. The van der Waals surface area contributed by atoms with E-state index in [1.807, 2.05) is 0 Å². The fraction of sp³-hybridized carbons (Fsp3) is 0.474. The lowest BCUT2D eigenvalue weighted by atomic mass is 9.94. The second-order valence-electron chi connectivity index (χ2n) is 6.32. The van der Waals surface area contributed by atoms with Gasteiger partial charge in [0.1, 0.15) is 8.07 Å². The first kappa shape index (κ1) is 16.8. The molecule has 0 aliphatic rings. The van der Waals surface area contributed by atoms with E-state index in [0.29, 0.717) is 0 Å². The highest BCUT2D eigenvalue weighted by Crippen LogP contribution is 2.26.